The summed E-state index contributed by atoms with van der Waals surface area (Å²) in [7, 11) is 0. The van der Waals surface area contributed by atoms with E-state index in [9.17, 15) is 14.4 Å². The number of Topliss-reactive ketones (excluding diaryl/α,β-unsaturated/α-hetero) is 1. The minimum absolute atomic E-state index is 0.00443. The number of carbonyl (C=O) groups excluding carboxylic acids is 3. The first-order valence-electron chi connectivity index (χ1n) is 11.3. The quantitative estimate of drug-likeness (QED) is 0.565. The molecule has 1 aliphatic rings. The van der Waals surface area contributed by atoms with Gasteiger partial charge in [0.25, 0.3) is 0 Å². The van der Waals surface area contributed by atoms with E-state index < -0.39 is 23.7 Å². The molecule has 0 saturated carbocycles. The number of hydroxylamine groups is 1. The summed E-state index contributed by atoms with van der Waals surface area (Å²) < 4.78 is 5.50. The van der Waals surface area contributed by atoms with Gasteiger partial charge in [-0.1, -0.05) is 44.2 Å². The molecule has 178 valence electrons. The summed E-state index contributed by atoms with van der Waals surface area (Å²) in [5, 5.41) is 3.18. The zero-order valence-electron chi connectivity index (χ0n) is 19.8. The number of piperazine rings is 1. The standard InChI is InChI=1S/C24H37N3O5/c1-17(2)13-19(14-21(28)26-31-16-18-9-7-6-8-10-18)22(29)20-15-25-11-12-27(20)23(30)32-24(3,4)5/h6-10,17,19-20,25H,11-16H2,1-5H3,(H,26,28)/t19-,20+/m1/s1. The Morgan fingerprint density at radius 3 is 2.50 bits per heavy atom. The van der Waals surface area contributed by atoms with Gasteiger partial charge >= 0.3 is 6.09 Å². The molecule has 0 radical (unpaired) electrons. The number of benzene rings is 1. The van der Waals surface area contributed by atoms with Gasteiger partial charge in [-0.05, 0) is 38.7 Å². The van der Waals surface area contributed by atoms with Gasteiger partial charge in [0.2, 0.25) is 5.91 Å². The molecule has 1 aromatic carbocycles. The van der Waals surface area contributed by atoms with Crippen LogP contribution in [0.2, 0.25) is 0 Å². The fourth-order valence-electron chi connectivity index (χ4n) is 3.68. The first-order chi connectivity index (χ1) is 15.1. The molecule has 1 saturated heterocycles. The van der Waals surface area contributed by atoms with Gasteiger partial charge in [0.05, 0.1) is 6.61 Å². The Labute approximate surface area is 191 Å². The van der Waals surface area contributed by atoms with Crippen LogP contribution < -0.4 is 10.8 Å². The van der Waals surface area contributed by atoms with Crippen molar-refractivity contribution in [3.63, 3.8) is 0 Å². The first kappa shape index (κ1) is 25.8. The van der Waals surface area contributed by atoms with E-state index in [0.29, 0.717) is 26.1 Å². The number of rotatable bonds is 9. The van der Waals surface area contributed by atoms with Gasteiger partial charge in [0, 0.05) is 32.0 Å². The Kier molecular flexibility index (Phi) is 9.65. The van der Waals surface area contributed by atoms with Gasteiger partial charge in [0.1, 0.15) is 11.6 Å². The predicted molar refractivity (Wildman–Crippen MR) is 122 cm³/mol. The second-order valence-corrected chi connectivity index (χ2v) is 9.63. The van der Waals surface area contributed by atoms with Gasteiger partial charge < -0.3 is 10.1 Å². The number of ketones is 1. The van der Waals surface area contributed by atoms with Crippen LogP contribution in [-0.4, -0.2) is 54.0 Å². The zero-order valence-corrected chi connectivity index (χ0v) is 19.8. The van der Waals surface area contributed by atoms with Crippen LogP contribution in [0.5, 0.6) is 0 Å². The maximum Gasteiger partial charge on any atom is 0.410 e. The average molecular weight is 448 g/mol. The van der Waals surface area contributed by atoms with E-state index in [1.54, 1.807) is 20.8 Å². The molecule has 1 heterocycles. The fourth-order valence-corrected chi connectivity index (χ4v) is 3.68. The van der Waals surface area contributed by atoms with Crippen molar-refractivity contribution in [1.29, 1.82) is 0 Å². The highest BCUT2D eigenvalue weighted by atomic mass is 16.6. The molecule has 2 rings (SSSR count). The molecule has 0 unspecified atom stereocenters. The molecule has 2 N–H and O–H groups in total. The predicted octanol–water partition coefficient (Wildman–Crippen LogP) is 3.06. The molecular weight excluding hydrogens is 410 g/mol. The fraction of sp³-hybridized carbons (Fsp3) is 0.625. The van der Waals surface area contributed by atoms with E-state index >= 15 is 0 Å². The van der Waals surface area contributed by atoms with Crippen LogP contribution in [-0.2, 0) is 25.8 Å². The summed E-state index contributed by atoms with van der Waals surface area (Å²) in [4.78, 5) is 45.4. The maximum atomic E-state index is 13.4. The van der Waals surface area contributed by atoms with Crippen LogP contribution >= 0.6 is 0 Å². The van der Waals surface area contributed by atoms with Crippen LogP contribution in [0.1, 0.15) is 53.0 Å². The molecule has 32 heavy (non-hydrogen) atoms. The lowest BCUT2D eigenvalue weighted by Crippen LogP contribution is -2.59. The molecule has 8 nitrogen and oxygen atoms in total. The Hall–Kier alpha value is -2.45. The van der Waals surface area contributed by atoms with Crippen molar-refractivity contribution in [1.82, 2.24) is 15.7 Å². The van der Waals surface area contributed by atoms with Crippen molar-refractivity contribution in [2.45, 2.75) is 65.7 Å². The summed E-state index contributed by atoms with van der Waals surface area (Å²) in [5.74, 6) is -0.791. The van der Waals surface area contributed by atoms with Gasteiger partial charge in [-0.15, -0.1) is 0 Å². The summed E-state index contributed by atoms with van der Waals surface area (Å²) in [6.45, 7) is 11.0. The smallest absolute Gasteiger partial charge is 0.410 e. The van der Waals surface area contributed by atoms with Crippen molar-refractivity contribution >= 4 is 17.8 Å². The molecule has 1 fully saturated rings. The summed E-state index contributed by atoms with van der Waals surface area (Å²) in [5.41, 5.74) is 2.73. The minimum atomic E-state index is -0.666. The van der Waals surface area contributed by atoms with Crippen molar-refractivity contribution in [2.75, 3.05) is 19.6 Å². The number of carbonyl (C=O) groups is 3. The van der Waals surface area contributed by atoms with E-state index in [-0.39, 0.29) is 30.6 Å². The van der Waals surface area contributed by atoms with Gasteiger partial charge in [-0.3, -0.25) is 19.3 Å². The molecule has 0 aromatic heterocycles. The maximum absolute atomic E-state index is 13.4. The number of nitrogens with zero attached hydrogens (tertiary/aromatic N) is 1. The lowest BCUT2D eigenvalue weighted by Gasteiger charge is -2.37. The summed E-state index contributed by atoms with van der Waals surface area (Å²) >= 11 is 0. The van der Waals surface area contributed by atoms with Gasteiger partial charge in [-0.2, -0.15) is 0 Å². The van der Waals surface area contributed by atoms with Crippen molar-refractivity contribution in [2.24, 2.45) is 11.8 Å². The first-order valence-corrected chi connectivity index (χ1v) is 11.3. The molecule has 2 amide bonds. The largest absolute Gasteiger partial charge is 0.444 e. The van der Waals surface area contributed by atoms with E-state index in [1.807, 2.05) is 44.2 Å². The van der Waals surface area contributed by atoms with Crippen LogP contribution in [0.15, 0.2) is 30.3 Å². The third-order valence-electron chi connectivity index (χ3n) is 5.06. The Bertz CT molecular complexity index is 761. The van der Waals surface area contributed by atoms with Crippen LogP contribution in [0.3, 0.4) is 0 Å². The molecule has 1 aliphatic heterocycles. The van der Waals surface area contributed by atoms with Gasteiger partial charge in [-0.25, -0.2) is 10.3 Å². The topological polar surface area (TPSA) is 97.0 Å². The molecule has 0 bridgehead atoms. The number of nitrogens with one attached hydrogen (secondary N) is 2. The molecule has 2 atom stereocenters. The second-order valence-electron chi connectivity index (χ2n) is 9.63. The van der Waals surface area contributed by atoms with Crippen molar-refractivity contribution in [3.05, 3.63) is 35.9 Å². The third-order valence-corrected chi connectivity index (χ3v) is 5.06. The number of hydrogen-bond donors (Lipinski definition) is 2. The summed E-state index contributed by atoms with van der Waals surface area (Å²) in [6, 6.07) is 8.83. The van der Waals surface area contributed by atoms with E-state index in [0.717, 1.165) is 5.56 Å². The Morgan fingerprint density at radius 1 is 1.19 bits per heavy atom. The normalized spacial score (nSPS) is 17.7. The molecular formula is C24H37N3O5. The Balaban J connectivity index is 2.01. The molecule has 8 heteroatoms. The lowest BCUT2D eigenvalue weighted by atomic mass is 9.86. The van der Waals surface area contributed by atoms with Crippen molar-refractivity contribution in [3.8, 4) is 0 Å². The minimum Gasteiger partial charge on any atom is -0.444 e. The number of amides is 2. The average Bonchev–Trinajstić information content (AvgIpc) is 2.72. The summed E-state index contributed by atoms with van der Waals surface area (Å²) in [6.07, 6.45) is 0.0462. The highest BCUT2D eigenvalue weighted by Gasteiger charge is 2.38. The monoisotopic (exact) mass is 447 g/mol. The Morgan fingerprint density at radius 2 is 1.88 bits per heavy atom. The van der Waals surface area contributed by atoms with Gasteiger partial charge in [0.15, 0.2) is 5.78 Å². The third kappa shape index (κ3) is 8.59. The highest BCUT2D eigenvalue weighted by molar-refractivity contribution is 5.92. The van der Waals surface area contributed by atoms with E-state index in [2.05, 4.69) is 10.8 Å². The zero-order chi connectivity index (χ0) is 23.7. The van der Waals surface area contributed by atoms with E-state index in [1.165, 1.54) is 4.90 Å². The van der Waals surface area contributed by atoms with E-state index in [4.69, 9.17) is 9.57 Å². The molecule has 1 aromatic rings. The molecule has 0 spiro atoms. The van der Waals surface area contributed by atoms with Crippen molar-refractivity contribution < 1.29 is 24.0 Å². The second kappa shape index (κ2) is 12.0. The van der Waals surface area contributed by atoms with Crippen LogP contribution in [0.4, 0.5) is 4.79 Å². The van der Waals surface area contributed by atoms with Crippen LogP contribution in [0.25, 0.3) is 0 Å². The lowest BCUT2D eigenvalue weighted by molar-refractivity contribution is -0.140. The number of hydrogen-bond acceptors (Lipinski definition) is 6. The van der Waals surface area contributed by atoms with Crippen LogP contribution in [0, 0.1) is 11.8 Å². The highest BCUT2D eigenvalue weighted by Crippen LogP contribution is 2.22. The number of ether oxygens (including phenoxy) is 1. The SMILES string of the molecule is CC(C)C[C@H](CC(=O)NOCc1ccccc1)C(=O)[C@@H]1CNCCN1C(=O)OC(C)(C)C. The molecule has 0 aliphatic carbocycles.